The summed E-state index contributed by atoms with van der Waals surface area (Å²) < 4.78 is 0. The summed E-state index contributed by atoms with van der Waals surface area (Å²) in [6.45, 7) is 7.85. The summed E-state index contributed by atoms with van der Waals surface area (Å²) in [5.41, 5.74) is 2.09. The Morgan fingerprint density at radius 3 is 2.12 bits per heavy atom. The molecule has 0 unspecified atom stereocenters. The Balaban J connectivity index is 3.01. The monoisotopic (exact) mass is 272 g/mol. The van der Waals surface area contributed by atoms with Crippen LogP contribution >= 0.6 is 23.2 Å². The van der Waals surface area contributed by atoms with Crippen molar-refractivity contribution in [2.24, 2.45) is 4.99 Å². The maximum Gasteiger partial charge on any atom is 0.164 e. The molecule has 0 aliphatic heterocycles. The van der Waals surface area contributed by atoms with Crippen LogP contribution in [0.3, 0.4) is 0 Å². The van der Waals surface area contributed by atoms with Gasteiger partial charge in [0.05, 0.1) is 5.69 Å². The van der Waals surface area contributed by atoms with E-state index in [0.717, 1.165) is 18.8 Å². The molecule has 0 heterocycles. The zero-order valence-electron chi connectivity index (χ0n) is 10.5. The molecular formula is C13H18Cl2N2. The molecule has 1 rings (SSSR count). The number of aryl methyl sites for hydroxylation is 1. The Bertz CT molecular complexity index is 368. The van der Waals surface area contributed by atoms with E-state index < -0.39 is 4.84 Å². The molecule has 0 aliphatic rings. The fourth-order valence-corrected chi connectivity index (χ4v) is 1.93. The normalized spacial score (nSPS) is 12.0. The van der Waals surface area contributed by atoms with Gasteiger partial charge in [0.1, 0.15) is 5.84 Å². The van der Waals surface area contributed by atoms with Crippen molar-refractivity contribution in [2.45, 2.75) is 25.6 Å². The lowest BCUT2D eigenvalue weighted by Gasteiger charge is -2.23. The highest BCUT2D eigenvalue weighted by Gasteiger charge is 2.15. The van der Waals surface area contributed by atoms with Crippen molar-refractivity contribution in [1.82, 2.24) is 4.90 Å². The van der Waals surface area contributed by atoms with Crippen LogP contribution in [0.25, 0.3) is 0 Å². The van der Waals surface area contributed by atoms with Crippen LogP contribution in [0.1, 0.15) is 19.4 Å². The van der Waals surface area contributed by atoms with Gasteiger partial charge in [-0.2, -0.15) is 0 Å². The first-order chi connectivity index (χ1) is 8.08. The fourth-order valence-electron chi connectivity index (χ4n) is 1.56. The molecule has 0 aromatic heterocycles. The maximum absolute atomic E-state index is 5.97. The molecule has 0 fully saturated rings. The highest BCUT2D eigenvalue weighted by Crippen LogP contribution is 2.17. The third kappa shape index (κ3) is 4.21. The van der Waals surface area contributed by atoms with E-state index in [2.05, 4.69) is 23.7 Å². The number of nitrogens with zero attached hydrogens (tertiary/aromatic N) is 2. The van der Waals surface area contributed by atoms with Gasteiger partial charge < -0.3 is 4.90 Å². The second-order valence-corrected chi connectivity index (χ2v) is 4.87. The van der Waals surface area contributed by atoms with E-state index in [9.17, 15) is 0 Å². The van der Waals surface area contributed by atoms with Crippen LogP contribution in [0, 0.1) is 6.92 Å². The molecule has 94 valence electrons. The Kier molecular flexibility index (Phi) is 5.79. The standard InChI is InChI=1S/C13H18Cl2N2/c1-4-17(5-2)13(12(14)15)16-11-8-6-10(3)7-9-11/h6-9,12H,4-5H2,1-3H3. The Labute approximate surface area is 113 Å². The van der Waals surface area contributed by atoms with Gasteiger partial charge in [0, 0.05) is 13.1 Å². The number of amidine groups is 1. The fraction of sp³-hybridized carbons (Fsp3) is 0.462. The van der Waals surface area contributed by atoms with Crippen molar-refractivity contribution in [3.05, 3.63) is 29.8 Å². The molecule has 0 saturated heterocycles. The highest BCUT2D eigenvalue weighted by atomic mass is 35.5. The van der Waals surface area contributed by atoms with E-state index in [4.69, 9.17) is 23.2 Å². The second-order valence-electron chi connectivity index (χ2n) is 3.78. The first-order valence-corrected chi connectivity index (χ1v) is 6.64. The van der Waals surface area contributed by atoms with Gasteiger partial charge in [-0.1, -0.05) is 40.9 Å². The minimum atomic E-state index is -0.601. The molecular weight excluding hydrogens is 255 g/mol. The Hall–Kier alpha value is -0.730. The first-order valence-electron chi connectivity index (χ1n) is 5.76. The third-order valence-electron chi connectivity index (χ3n) is 2.56. The smallest absolute Gasteiger partial charge is 0.164 e. The molecule has 0 atom stereocenters. The summed E-state index contributed by atoms with van der Waals surface area (Å²) in [4.78, 5) is 5.98. The first kappa shape index (κ1) is 14.3. The molecule has 1 aromatic carbocycles. The van der Waals surface area contributed by atoms with E-state index >= 15 is 0 Å². The summed E-state index contributed by atoms with van der Waals surface area (Å²) in [5.74, 6) is 0.710. The zero-order valence-corrected chi connectivity index (χ0v) is 12.0. The van der Waals surface area contributed by atoms with Crippen molar-refractivity contribution in [1.29, 1.82) is 0 Å². The summed E-state index contributed by atoms with van der Waals surface area (Å²) in [6, 6.07) is 7.98. The molecule has 4 heteroatoms. The number of benzene rings is 1. The van der Waals surface area contributed by atoms with Crippen LogP contribution in [-0.4, -0.2) is 28.7 Å². The van der Waals surface area contributed by atoms with Crippen molar-refractivity contribution in [2.75, 3.05) is 13.1 Å². The van der Waals surface area contributed by atoms with Crippen molar-refractivity contribution in [3.8, 4) is 0 Å². The minimum Gasteiger partial charge on any atom is -0.358 e. The van der Waals surface area contributed by atoms with Gasteiger partial charge in [-0.15, -0.1) is 0 Å². The molecule has 0 bridgehead atoms. The van der Waals surface area contributed by atoms with Crippen LogP contribution in [0.15, 0.2) is 29.3 Å². The number of halogens is 2. The summed E-state index contributed by atoms with van der Waals surface area (Å²) in [6.07, 6.45) is 0. The number of rotatable bonds is 4. The predicted octanol–water partition coefficient (Wildman–Crippen LogP) is 4.17. The minimum absolute atomic E-state index is 0.601. The van der Waals surface area contributed by atoms with Crippen molar-refractivity contribution < 1.29 is 0 Å². The van der Waals surface area contributed by atoms with Gasteiger partial charge in [-0.25, -0.2) is 4.99 Å². The summed E-state index contributed by atoms with van der Waals surface area (Å²) in [7, 11) is 0. The third-order valence-corrected chi connectivity index (χ3v) is 2.95. The molecule has 1 aromatic rings. The van der Waals surface area contributed by atoms with E-state index in [1.807, 2.05) is 31.2 Å². The van der Waals surface area contributed by atoms with E-state index in [1.165, 1.54) is 5.56 Å². The molecule has 17 heavy (non-hydrogen) atoms. The van der Waals surface area contributed by atoms with E-state index in [-0.39, 0.29) is 0 Å². The molecule has 0 aliphatic carbocycles. The lowest BCUT2D eigenvalue weighted by atomic mass is 10.2. The molecule has 0 saturated carbocycles. The van der Waals surface area contributed by atoms with Gasteiger partial charge >= 0.3 is 0 Å². The molecule has 2 nitrogen and oxygen atoms in total. The number of aliphatic imine (C=N–C) groups is 1. The molecule has 0 spiro atoms. The number of alkyl halides is 2. The largest absolute Gasteiger partial charge is 0.358 e. The van der Waals surface area contributed by atoms with Crippen LogP contribution in [0.5, 0.6) is 0 Å². The van der Waals surface area contributed by atoms with Gasteiger partial charge in [0.15, 0.2) is 4.84 Å². The maximum atomic E-state index is 5.97. The molecule has 0 amide bonds. The SMILES string of the molecule is CCN(CC)C(=Nc1ccc(C)cc1)C(Cl)Cl. The zero-order chi connectivity index (χ0) is 12.8. The van der Waals surface area contributed by atoms with Gasteiger partial charge in [0.2, 0.25) is 0 Å². The van der Waals surface area contributed by atoms with Gasteiger partial charge in [0.25, 0.3) is 0 Å². The van der Waals surface area contributed by atoms with E-state index in [1.54, 1.807) is 0 Å². The van der Waals surface area contributed by atoms with Crippen molar-refractivity contribution in [3.63, 3.8) is 0 Å². The van der Waals surface area contributed by atoms with E-state index in [0.29, 0.717) is 5.84 Å². The van der Waals surface area contributed by atoms with Crippen LogP contribution in [-0.2, 0) is 0 Å². The number of hydrogen-bond donors (Lipinski definition) is 0. The molecule has 0 radical (unpaired) electrons. The number of hydrogen-bond acceptors (Lipinski definition) is 1. The van der Waals surface area contributed by atoms with Crippen molar-refractivity contribution >= 4 is 34.7 Å². The van der Waals surface area contributed by atoms with Gasteiger partial charge in [-0.05, 0) is 32.9 Å². The van der Waals surface area contributed by atoms with Crippen LogP contribution < -0.4 is 0 Å². The predicted molar refractivity (Wildman–Crippen MR) is 76.7 cm³/mol. The molecule has 0 N–H and O–H groups in total. The quantitative estimate of drug-likeness (QED) is 0.456. The highest BCUT2D eigenvalue weighted by molar-refractivity contribution is 6.54. The van der Waals surface area contributed by atoms with Crippen LogP contribution in [0.2, 0.25) is 0 Å². The average Bonchev–Trinajstić information content (AvgIpc) is 2.31. The Morgan fingerprint density at radius 2 is 1.71 bits per heavy atom. The lowest BCUT2D eigenvalue weighted by molar-refractivity contribution is 0.461. The second kappa shape index (κ2) is 6.87. The Morgan fingerprint density at radius 1 is 1.18 bits per heavy atom. The lowest BCUT2D eigenvalue weighted by Crippen LogP contribution is -2.34. The summed E-state index contributed by atoms with van der Waals surface area (Å²) in [5, 5.41) is 0. The summed E-state index contributed by atoms with van der Waals surface area (Å²) >= 11 is 11.9. The van der Waals surface area contributed by atoms with Gasteiger partial charge in [-0.3, -0.25) is 0 Å². The topological polar surface area (TPSA) is 15.6 Å². The van der Waals surface area contributed by atoms with Crippen LogP contribution in [0.4, 0.5) is 5.69 Å². The average molecular weight is 273 g/mol.